The molecule has 2 aromatic heterocycles. The van der Waals surface area contributed by atoms with Crippen molar-refractivity contribution >= 4 is 5.78 Å². The minimum atomic E-state index is -0.398. The van der Waals surface area contributed by atoms with Crippen molar-refractivity contribution in [3.05, 3.63) is 121 Å². The molecule has 4 aromatic carbocycles. The molecule has 0 saturated carbocycles. The van der Waals surface area contributed by atoms with Crippen LogP contribution < -0.4 is 18.9 Å². The first-order valence-electron chi connectivity index (χ1n) is 13.8. The van der Waals surface area contributed by atoms with Gasteiger partial charge >= 0.3 is 0 Å². The molecule has 0 aliphatic heterocycles. The summed E-state index contributed by atoms with van der Waals surface area (Å²) in [6, 6.07) is 30.0. The zero-order valence-corrected chi connectivity index (χ0v) is 24.7. The summed E-state index contributed by atoms with van der Waals surface area (Å²) in [6.45, 7) is 0. The molecule has 2 heterocycles. The number of benzene rings is 4. The van der Waals surface area contributed by atoms with Crippen LogP contribution in [0.15, 0.2) is 109 Å². The number of carbonyl (C=O) groups is 1. The largest absolute Gasteiger partial charge is 0.497 e. The standard InChI is InChI=1S/C35H30N4O5/c1-41-25-13-9-11-23(19-25)27-21-38(29-15-5-7-17-31(29)43-3)34(36-27)33(40)35-37-28(24-12-10-14-26(20-24)42-2)22-39(35)30-16-6-8-18-32(30)44-4/h5-22H,1-4H3. The molecule has 6 rings (SSSR count). The van der Waals surface area contributed by atoms with Crippen molar-refractivity contribution in [2.75, 3.05) is 28.4 Å². The average Bonchev–Trinajstić information content (AvgIpc) is 3.74. The molecule has 0 N–H and O–H groups in total. The van der Waals surface area contributed by atoms with E-state index in [0.717, 1.165) is 11.1 Å². The second-order valence-corrected chi connectivity index (χ2v) is 9.78. The fraction of sp³-hybridized carbons (Fsp3) is 0.114. The molecule has 0 amide bonds. The van der Waals surface area contributed by atoms with Crippen LogP contribution in [0.4, 0.5) is 0 Å². The molecular formula is C35H30N4O5. The molecule has 44 heavy (non-hydrogen) atoms. The number of rotatable bonds is 10. The Morgan fingerprint density at radius 1 is 0.545 bits per heavy atom. The fourth-order valence-corrected chi connectivity index (χ4v) is 5.05. The molecule has 6 aromatic rings. The van der Waals surface area contributed by atoms with Crippen LogP contribution in [0.5, 0.6) is 23.0 Å². The van der Waals surface area contributed by atoms with Gasteiger partial charge in [0.2, 0.25) is 0 Å². The Morgan fingerprint density at radius 2 is 0.977 bits per heavy atom. The SMILES string of the molecule is COc1cccc(-c2cn(-c3ccccc3OC)c(C(=O)c3nc(-c4cccc(OC)c4)cn3-c3ccccc3OC)n2)c1. The van der Waals surface area contributed by atoms with Crippen molar-refractivity contribution in [2.45, 2.75) is 0 Å². The highest BCUT2D eigenvalue weighted by atomic mass is 16.5. The van der Waals surface area contributed by atoms with Crippen LogP contribution >= 0.6 is 0 Å². The van der Waals surface area contributed by atoms with Crippen molar-refractivity contribution < 1.29 is 23.7 Å². The van der Waals surface area contributed by atoms with Gasteiger partial charge in [-0.15, -0.1) is 0 Å². The lowest BCUT2D eigenvalue weighted by Crippen LogP contribution is -2.16. The van der Waals surface area contributed by atoms with Crippen LogP contribution in [0.2, 0.25) is 0 Å². The summed E-state index contributed by atoms with van der Waals surface area (Å²) in [5, 5.41) is 0. The van der Waals surface area contributed by atoms with Gasteiger partial charge in [-0.3, -0.25) is 13.9 Å². The number of carbonyl (C=O) groups excluding carboxylic acids is 1. The van der Waals surface area contributed by atoms with E-state index < -0.39 is 5.78 Å². The fourth-order valence-electron chi connectivity index (χ4n) is 5.05. The smallest absolute Gasteiger partial charge is 0.264 e. The average molecular weight is 587 g/mol. The lowest BCUT2D eigenvalue weighted by molar-refractivity contribution is 0.101. The molecule has 0 aliphatic carbocycles. The maximum Gasteiger partial charge on any atom is 0.264 e. The summed E-state index contributed by atoms with van der Waals surface area (Å²) in [5.74, 6) is 2.44. The number of nitrogens with zero attached hydrogens (tertiary/aromatic N) is 4. The van der Waals surface area contributed by atoms with Gasteiger partial charge in [-0.05, 0) is 48.5 Å². The minimum absolute atomic E-state index is 0.159. The highest BCUT2D eigenvalue weighted by Gasteiger charge is 2.27. The third-order valence-corrected chi connectivity index (χ3v) is 7.24. The Balaban J connectivity index is 1.58. The molecule has 0 spiro atoms. The second kappa shape index (κ2) is 12.2. The number of aromatic nitrogens is 4. The van der Waals surface area contributed by atoms with Gasteiger partial charge in [0.15, 0.2) is 11.6 Å². The van der Waals surface area contributed by atoms with Crippen LogP contribution in [0.1, 0.15) is 16.4 Å². The predicted molar refractivity (Wildman–Crippen MR) is 168 cm³/mol. The normalized spacial score (nSPS) is 10.8. The van der Waals surface area contributed by atoms with Crippen molar-refractivity contribution in [2.24, 2.45) is 0 Å². The van der Waals surface area contributed by atoms with Gasteiger partial charge in [0.25, 0.3) is 5.78 Å². The van der Waals surface area contributed by atoms with E-state index >= 15 is 0 Å². The quantitative estimate of drug-likeness (QED) is 0.166. The van der Waals surface area contributed by atoms with Gasteiger partial charge in [0, 0.05) is 23.5 Å². The highest BCUT2D eigenvalue weighted by molar-refractivity contribution is 6.06. The zero-order chi connectivity index (χ0) is 30.6. The molecule has 0 unspecified atom stereocenters. The molecular weight excluding hydrogens is 556 g/mol. The topological polar surface area (TPSA) is 89.6 Å². The van der Waals surface area contributed by atoms with Crippen molar-refractivity contribution in [3.8, 4) is 56.9 Å². The molecule has 220 valence electrons. The first kappa shape index (κ1) is 28.3. The Labute approximate surface area is 254 Å². The third kappa shape index (κ3) is 5.27. The molecule has 9 heteroatoms. The highest BCUT2D eigenvalue weighted by Crippen LogP contribution is 2.32. The number of ether oxygens (including phenoxy) is 4. The van der Waals surface area contributed by atoms with Crippen LogP contribution in [0.25, 0.3) is 33.9 Å². The van der Waals surface area contributed by atoms with Crippen molar-refractivity contribution in [1.29, 1.82) is 0 Å². The maximum atomic E-state index is 14.7. The molecule has 0 radical (unpaired) electrons. The zero-order valence-electron chi connectivity index (χ0n) is 24.7. The number of hydrogen-bond donors (Lipinski definition) is 0. The van der Waals surface area contributed by atoms with Gasteiger partial charge in [0.05, 0.1) is 51.2 Å². The molecule has 0 aliphatic rings. The van der Waals surface area contributed by atoms with Crippen molar-refractivity contribution in [3.63, 3.8) is 0 Å². The number of hydrogen-bond acceptors (Lipinski definition) is 7. The number of imidazole rings is 2. The summed E-state index contributed by atoms with van der Waals surface area (Å²) < 4.78 is 25.7. The molecule has 0 saturated heterocycles. The number of ketones is 1. The van der Waals surface area contributed by atoms with E-state index in [1.54, 1.807) is 37.6 Å². The van der Waals surface area contributed by atoms with Crippen LogP contribution in [-0.4, -0.2) is 53.3 Å². The van der Waals surface area contributed by atoms with E-state index in [1.165, 1.54) is 0 Å². The third-order valence-electron chi connectivity index (χ3n) is 7.24. The van der Waals surface area contributed by atoms with Gasteiger partial charge in [-0.25, -0.2) is 9.97 Å². The van der Waals surface area contributed by atoms with Gasteiger partial charge in [0.1, 0.15) is 23.0 Å². The van der Waals surface area contributed by atoms with E-state index in [2.05, 4.69) is 0 Å². The first-order chi connectivity index (χ1) is 21.5. The monoisotopic (exact) mass is 586 g/mol. The summed E-state index contributed by atoms with van der Waals surface area (Å²) in [6.07, 6.45) is 3.64. The van der Waals surface area contributed by atoms with E-state index in [4.69, 9.17) is 28.9 Å². The van der Waals surface area contributed by atoms with E-state index in [1.807, 2.05) is 109 Å². The molecule has 0 bridgehead atoms. The summed E-state index contributed by atoms with van der Waals surface area (Å²) in [7, 11) is 6.40. The minimum Gasteiger partial charge on any atom is -0.497 e. The van der Waals surface area contributed by atoms with E-state index in [-0.39, 0.29) is 11.6 Å². The Bertz CT molecular complexity index is 1820. The number of para-hydroxylation sites is 4. The molecule has 9 nitrogen and oxygen atoms in total. The Hall–Kier alpha value is -5.83. The summed E-state index contributed by atoms with van der Waals surface area (Å²) in [4.78, 5) is 24.4. The summed E-state index contributed by atoms with van der Waals surface area (Å²) in [5.41, 5.74) is 4.06. The summed E-state index contributed by atoms with van der Waals surface area (Å²) >= 11 is 0. The Morgan fingerprint density at radius 3 is 1.39 bits per heavy atom. The Kier molecular flexibility index (Phi) is 7.84. The molecule has 0 fully saturated rings. The lowest BCUT2D eigenvalue weighted by Gasteiger charge is -2.13. The maximum absolute atomic E-state index is 14.7. The first-order valence-corrected chi connectivity index (χ1v) is 13.8. The van der Waals surface area contributed by atoms with Crippen LogP contribution in [0.3, 0.4) is 0 Å². The van der Waals surface area contributed by atoms with Crippen molar-refractivity contribution in [1.82, 2.24) is 19.1 Å². The van der Waals surface area contributed by atoms with Gasteiger partial charge < -0.3 is 18.9 Å². The predicted octanol–water partition coefficient (Wildman–Crippen LogP) is 6.66. The van der Waals surface area contributed by atoms with Gasteiger partial charge in [-0.1, -0.05) is 48.5 Å². The van der Waals surface area contributed by atoms with Crippen LogP contribution in [-0.2, 0) is 0 Å². The number of methoxy groups -OCH3 is 4. The lowest BCUT2D eigenvalue weighted by atomic mass is 10.1. The second-order valence-electron chi connectivity index (χ2n) is 9.78. The van der Waals surface area contributed by atoms with E-state index in [9.17, 15) is 4.79 Å². The molecule has 0 atom stereocenters. The van der Waals surface area contributed by atoms with Gasteiger partial charge in [-0.2, -0.15) is 0 Å². The van der Waals surface area contributed by atoms with E-state index in [0.29, 0.717) is 45.8 Å². The van der Waals surface area contributed by atoms with Crippen LogP contribution in [0, 0.1) is 0 Å².